The van der Waals surface area contributed by atoms with Crippen molar-refractivity contribution < 1.29 is 13.6 Å². The highest BCUT2D eigenvalue weighted by molar-refractivity contribution is 5.75. The maximum absolute atomic E-state index is 14.5. The molecular weight excluding hydrogens is 484 g/mol. The number of aromatic nitrogens is 5. The summed E-state index contributed by atoms with van der Waals surface area (Å²) >= 11 is 0. The molecule has 2 aliphatic rings. The average molecular weight is 512 g/mol. The van der Waals surface area contributed by atoms with Crippen LogP contribution in [0.2, 0.25) is 0 Å². The molecule has 0 amide bonds. The van der Waals surface area contributed by atoms with Gasteiger partial charge in [-0.1, -0.05) is 26.0 Å². The van der Waals surface area contributed by atoms with Gasteiger partial charge in [0.2, 0.25) is 0 Å². The van der Waals surface area contributed by atoms with E-state index in [2.05, 4.69) is 34.0 Å². The molecule has 1 saturated carbocycles. The largest absolute Gasteiger partial charge is 0.300 e. The third kappa shape index (κ3) is 3.57. The van der Waals surface area contributed by atoms with Gasteiger partial charge in [-0.15, -0.1) is 5.10 Å². The number of hydrogen-bond acceptors (Lipinski definition) is 6. The molecule has 8 heteroatoms. The van der Waals surface area contributed by atoms with Crippen LogP contribution in [0.25, 0.3) is 22.5 Å². The van der Waals surface area contributed by atoms with E-state index in [1.165, 1.54) is 18.2 Å². The Kier molecular flexibility index (Phi) is 5.67. The summed E-state index contributed by atoms with van der Waals surface area (Å²) < 4.78 is 29.1. The first-order valence-corrected chi connectivity index (χ1v) is 12.8. The molecule has 192 valence electrons. The van der Waals surface area contributed by atoms with Crippen molar-refractivity contribution in [2.45, 2.75) is 57.8 Å². The summed E-state index contributed by atoms with van der Waals surface area (Å²) in [4.78, 5) is 25.2. The second kappa shape index (κ2) is 8.82. The van der Waals surface area contributed by atoms with Gasteiger partial charge in [0.15, 0.2) is 0 Å². The van der Waals surface area contributed by atoms with Crippen molar-refractivity contribution in [3.63, 3.8) is 0 Å². The van der Waals surface area contributed by atoms with Gasteiger partial charge in [0.25, 0.3) is 0 Å². The molecule has 1 aromatic carbocycles. The van der Waals surface area contributed by atoms with E-state index in [4.69, 9.17) is 4.98 Å². The number of hydrogen-bond donors (Lipinski definition) is 0. The van der Waals surface area contributed by atoms with Crippen LogP contribution in [-0.4, -0.2) is 30.9 Å². The molecule has 0 aliphatic heterocycles. The third-order valence-corrected chi connectivity index (χ3v) is 8.49. The van der Waals surface area contributed by atoms with E-state index in [0.29, 0.717) is 18.7 Å². The quantitative estimate of drug-likeness (QED) is 0.316. The highest BCUT2D eigenvalue weighted by Crippen LogP contribution is 2.69. The first-order valence-electron chi connectivity index (χ1n) is 12.8. The Morgan fingerprint density at radius 3 is 2.42 bits per heavy atom. The van der Waals surface area contributed by atoms with Gasteiger partial charge < -0.3 is 4.79 Å². The monoisotopic (exact) mass is 511 g/mol. The van der Waals surface area contributed by atoms with Crippen LogP contribution in [-0.2, 0) is 16.6 Å². The topological polar surface area (TPSA) is 81.5 Å². The van der Waals surface area contributed by atoms with E-state index in [-0.39, 0.29) is 28.4 Å². The average Bonchev–Trinajstić information content (AvgIpc) is 3.28. The van der Waals surface area contributed by atoms with Crippen molar-refractivity contribution in [3.05, 3.63) is 89.3 Å². The number of pyridine rings is 1. The van der Waals surface area contributed by atoms with Crippen molar-refractivity contribution in [1.29, 1.82) is 0 Å². The summed E-state index contributed by atoms with van der Waals surface area (Å²) in [6.45, 7) is 6.00. The van der Waals surface area contributed by atoms with Crippen LogP contribution in [0.15, 0.2) is 54.9 Å². The molecule has 2 atom stereocenters. The van der Waals surface area contributed by atoms with Crippen LogP contribution in [0.3, 0.4) is 0 Å². The molecule has 0 saturated heterocycles. The van der Waals surface area contributed by atoms with Crippen LogP contribution < -0.4 is 0 Å². The number of carbonyl (C=O) groups excluding carboxylic acids is 1. The minimum absolute atomic E-state index is 0.106. The first-order chi connectivity index (χ1) is 18.2. The molecule has 3 aromatic heterocycles. The molecule has 6 rings (SSSR count). The van der Waals surface area contributed by atoms with Crippen LogP contribution >= 0.6 is 0 Å². The number of fused-ring (bicyclic) bond motifs is 5. The summed E-state index contributed by atoms with van der Waals surface area (Å²) in [6, 6.07) is 11.6. The summed E-state index contributed by atoms with van der Waals surface area (Å²) in [6.07, 6.45) is 6.19. The number of carbonyl (C=O) groups is 1. The lowest BCUT2D eigenvalue weighted by Gasteiger charge is -2.37. The first kappa shape index (κ1) is 24.4. The minimum Gasteiger partial charge on any atom is -0.300 e. The Bertz CT molecular complexity index is 1550. The molecule has 2 aliphatic carbocycles. The van der Waals surface area contributed by atoms with Gasteiger partial charge in [0.05, 0.1) is 33.8 Å². The maximum Gasteiger partial charge on any atom is 0.135 e. The Morgan fingerprint density at radius 2 is 1.71 bits per heavy atom. The van der Waals surface area contributed by atoms with Gasteiger partial charge in [-0.25, -0.2) is 18.7 Å². The van der Waals surface area contributed by atoms with Gasteiger partial charge in [0.1, 0.15) is 23.2 Å². The molecule has 0 unspecified atom stereocenters. The number of ketones is 1. The number of rotatable bonds is 6. The Hall–Kier alpha value is -3.94. The Morgan fingerprint density at radius 1 is 1.00 bits per heavy atom. The number of benzene rings is 1. The number of halogens is 2. The zero-order valence-corrected chi connectivity index (χ0v) is 21.5. The molecule has 4 aromatic rings. The molecule has 0 N–H and O–H groups in total. The standard InChI is InChI=1S/C30H27F2N5O/c1-17(38)10-11-26-33-15-18(16-34-26)23-8-5-9-25(35-23)30-13-12-20(29(30,2)3)19-14-24(36-37-28(19)30)27-21(31)6-4-7-22(27)32/h4-9,14-16,20H,10-13H2,1-3H3/t20-,30-/m0/s1. The van der Waals surface area contributed by atoms with Crippen LogP contribution in [0, 0.1) is 17.0 Å². The SMILES string of the molecule is CC(=O)CCc1ncc(-c2cccc([C@@]34CC[C@@H](c5cc(-c6c(F)cccc6F)nnc53)C4(C)C)n2)cn1. The van der Waals surface area contributed by atoms with Crippen LogP contribution in [0.5, 0.6) is 0 Å². The van der Waals surface area contributed by atoms with Gasteiger partial charge >= 0.3 is 0 Å². The van der Waals surface area contributed by atoms with Gasteiger partial charge in [-0.3, -0.25) is 4.98 Å². The summed E-state index contributed by atoms with van der Waals surface area (Å²) in [5, 5.41) is 8.93. The van der Waals surface area contributed by atoms with Gasteiger partial charge in [-0.2, -0.15) is 5.10 Å². The highest BCUT2D eigenvalue weighted by atomic mass is 19.1. The maximum atomic E-state index is 14.5. The smallest absolute Gasteiger partial charge is 0.135 e. The lowest BCUT2D eigenvalue weighted by Crippen LogP contribution is -2.37. The van der Waals surface area contributed by atoms with E-state index < -0.39 is 17.0 Å². The van der Waals surface area contributed by atoms with Crippen molar-refractivity contribution in [1.82, 2.24) is 25.1 Å². The van der Waals surface area contributed by atoms with E-state index in [0.717, 1.165) is 41.1 Å². The second-order valence-electron chi connectivity index (χ2n) is 10.8. The lowest BCUT2D eigenvalue weighted by atomic mass is 9.66. The molecule has 0 radical (unpaired) electrons. The van der Waals surface area contributed by atoms with Crippen LogP contribution in [0.4, 0.5) is 8.78 Å². The molecular formula is C30H27F2N5O. The fourth-order valence-electron chi connectivity index (χ4n) is 6.49. The van der Waals surface area contributed by atoms with Gasteiger partial charge in [-0.05, 0) is 67.0 Å². The summed E-state index contributed by atoms with van der Waals surface area (Å²) in [5.41, 5.74) is 3.60. The van der Waals surface area contributed by atoms with Crippen molar-refractivity contribution >= 4 is 5.78 Å². The minimum atomic E-state index is -0.653. The molecule has 2 bridgehead atoms. The van der Waals surface area contributed by atoms with E-state index in [9.17, 15) is 13.6 Å². The van der Waals surface area contributed by atoms with Crippen molar-refractivity contribution in [2.75, 3.05) is 0 Å². The molecule has 6 nitrogen and oxygen atoms in total. The summed E-state index contributed by atoms with van der Waals surface area (Å²) in [7, 11) is 0. The zero-order chi connectivity index (χ0) is 26.7. The zero-order valence-electron chi connectivity index (χ0n) is 21.5. The fraction of sp³-hybridized carbons (Fsp3) is 0.333. The van der Waals surface area contributed by atoms with Gasteiger partial charge in [0, 0.05) is 30.8 Å². The highest BCUT2D eigenvalue weighted by Gasteiger charge is 2.65. The predicted octanol–water partition coefficient (Wildman–Crippen LogP) is 6.00. The lowest BCUT2D eigenvalue weighted by molar-refractivity contribution is -0.117. The number of nitrogens with zero attached hydrogens (tertiary/aromatic N) is 5. The Labute approximate surface area is 219 Å². The Balaban J connectivity index is 1.41. The van der Waals surface area contributed by atoms with E-state index in [1.807, 2.05) is 24.3 Å². The van der Waals surface area contributed by atoms with Crippen molar-refractivity contribution in [2.24, 2.45) is 5.41 Å². The normalized spacial score (nSPS) is 20.9. The number of aryl methyl sites for hydroxylation is 1. The molecule has 3 heterocycles. The molecule has 0 spiro atoms. The number of Topliss-reactive ketones (excluding diaryl/α,β-unsaturated/α-hetero) is 1. The van der Waals surface area contributed by atoms with Crippen molar-refractivity contribution in [3.8, 4) is 22.5 Å². The fourth-order valence-corrected chi connectivity index (χ4v) is 6.49. The van der Waals surface area contributed by atoms with E-state index in [1.54, 1.807) is 19.3 Å². The second-order valence-corrected chi connectivity index (χ2v) is 10.8. The third-order valence-electron chi connectivity index (χ3n) is 8.49. The molecule has 38 heavy (non-hydrogen) atoms. The summed E-state index contributed by atoms with van der Waals surface area (Å²) in [5.74, 6) is -0.410. The van der Waals surface area contributed by atoms with E-state index >= 15 is 0 Å². The molecule has 1 fully saturated rings. The van der Waals surface area contributed by atoms with Crippen LogP contribution in [0.1, 0.15) is 68.7 Å². The predicted molar refractivity (Wildman–Crippen MR) is 138 cm³/mol.